The van der Waals surface area contributed by atoms with Crippen LogP contribution in [0.4, 0.5) is 0 Å². The Labute approximate surface area is 114 Å². The third kappa shape index (κ3) is 4.71. The van der Waals surface area contributed by atoms with Crippen LogP contribution in [0.3, 0.4) is 0 Å². The highest BCUT2D eigenvalue weighted by Gasteiger charge is 2.28. The largest absolute Gasteiger partial charge is 0.469 e. The maximum absolute atomic E-state index is 11.7. The van der Waals surface area contributed by atoms with Gasteiger partial charge in [0.2, 0.25) is 5.91 Å². The quantitative estimate of drug-likeness (QED) is 0.804. The zero-order valence-corrected chi connectivity index (χ0v) is 11.4. The van der Waals surface area contributed by atoms with Crippen LogP contribution < -0.4 is 5.32 Å². The molecule has 0 radical (unpaired) electrons. The molecule has 1 aromatic rings. The molecule has 1 aromatic heterocycles. The van der Waals surface area contributed by atoms with Crippen LogP contribution in [0.15, 0.2) is 22.8 Å². The van der Waals surface area contributed by atoms with Gasteiger partial charge in [0, 0.05) is 19.4 Å². The van der Waals surface area contributed by atoms with E-state index in [4.69, 9.17) is 4.42 Å². The third-order valence-corrected chi connectivity index (χ3v) is 3.83. The summed E-state index contributed by atoms with van der Waals surface area (Å²) in [5.41, 5.74) is -0.698. The number of furan rings is 1. The Morgan fingerprint density at radius 2 is 2.05 bits per heavy atom. The molecule has 1 aliphatic rings. The van der Waals surface area contributed by atoms with E-state index in [0.29, 0.717) is 19.4 Å². The molecule has 0 unspecified atom stereocenters. The van der Waals surface area contributed by atoms with Crippen molar-refractivity contribution in [3.05, 3.63) is 24.2 Å². The minimum absolute atomic E-state index is 0.0194. The predicted octanol–water partition coefficient (Wildman–Crippen LogP) is 2.41. The topological polar surface area (TPSA) is 62.5 Å². The summed E-state index contributed by atoms with van der Waals surface area (Å²) < 4.78 is 5.19. The molecule has 1 heterocycles. The molecule has 19 heavy (non-hydrogen) atoms. The number of hydrogen-bond donors (Lipinski definition) is 2. The van der Waals surface area contributed by atoms with E-state index in [1.807, 2.05) is 12.1 Å². The summed E-state index contributed by atoms with van der Waals surface area (Å²) in [5.74, 6) is 0.803. The van der Waals surface area contributed by atoms with Crippen LogP contribution in [-0.4, -0.2) is 23.2 Å². The highest BCUT2D eigenvalue weighted by atomic mass is 16.3. The average Bonchev–Trinajstić information content (AvgIpc) is 2.83. The number of amides is 1. The lowest BCUT2D eigenvalue weighted by Gasteiger charge is -2.26. The number of rotatable bonds is 5. The van der Waals surface area contributed by atoms with E-state index in [9.17, 15) is 9.90 Å². The minimum atomic E-state index is -0.698. The van der Waals surface area contributed by atoms with Crippen LogP contribution in [-0.2, 0) is 11.2 Å². The Kier molecular flexibility index (Phi) is 5.02. The number of aryl methyl sites for hydroxylation is 1. The van der Waals surface area contributed by atoms with Gasteiger partial charge in [-0.3, -0.25) is 4.79 Å². The van der Waals surface area contributed by atoms with E-state index in [0.717, 1.165) is 31.4 Å². The molecular weight excluding hydrogens is 242 g/mol. The molecule has 1 amide bonds. The Bertz CT molecular complexity index is 378. The fourth-order valence-electron chi connectivity index (χ4n) is 2.61. The number of carbonyl (C=O) groups is 1. The van der Waals surface area contributed by atoms with Gasteiger partial charge >= 0.3 is 0 Å². The highest BCUT2D eigenvalue weighted by molar-refractivity contribution is 5.76. The second-order valence-corrected chi connectivity index (χ2v) is 5.49. The van der Waals surface area contributed by atoms with Crippen LogP contribution in [0.2, 0.25) is 0 Å². The molecule has 1 saturated carbocycles. The molecule has 2 N–H and O–H groups in total. The molecule has 1 aliphatic carbocycles. The molecule has 0 aromatic carbocycles. The molecular formula is C15H23NO3. The van der Waals surface area contributed by atoms with Gasteiger partial charge in [-0.1, -0.05) is 25.7 Å². The molecule has 0 atom stereocenters. The molecule has 0 saturated heterocycles. The first-order valence-electron chi connectivity index (χ1n) is 7.19. The summed E-state index contributed by atoms with van der Waals surface area (Å²) in [6.45, 7) is 0.379. The van der Waals surface area contributed by atoms with Crippen molar-refractivity contribution in [2.75, 3.05) is 6.54 Å². The van der Waals surface area contributed by atoms with E-state index in [1.54, 1.807) is 6.26 Å². The number of carbonyl (C=O) groups excluding carboxylic acids is 1. The number of hydrogen-bond acceptors (Lipinski definition) is 3. The van der Waals surface area contributed by atoms with Crippen LogP contribution in [0, 0.1) is 0 Å². The van der Waals surface area contributed by atoms with E-state index in [2.05, 4.69) is 5.32 Å². The Hall–Kier alpha value is -1.29. The van der Waals surface area contributed by atoms with Crippen molar-refractivity contribution in [3.63, 3.8) is 0 Å². The van der Waals surface area contributed by atoms with E-state index >= 15 is 0 Å². The van der Waals surface area contributed by atoms with Gasteiger partial charge in [0.25, 0.3) is 0 Å². The summed E-state index contributed by atoms with van der Waals surface area (Å²) in [5, 5.41) is 13.3. The monoisotopic (exact) mass is 265 g/mol. The average molecular weight is 265 g/mol. The fraction of sp³-hybridized carbons (Fsp3) is 0.667. The molecule has 106 valence electrons. The lowest BCUT2D eigenvalue weighted by molar-refractivity contribution is -0.122. The van der Waals surface area contributed by atoms with Gasteiger partial charge in [-0.2, -0.15) is 0 Å². The summed E-state index contributed by atoms with van der Waals surface area (Å²) in [6, 6.07) is 3.69. The smallest absolute Gasteiger partial charge is 0.220 e. The molecule has 0 spiro atoms. The maximum Gasteiger partial charge on any atom is 0.220 e. The van der Waals surface area contributed by atoms with Crippen molar-refractivity contribution >= 4 is 5.91 Å². The van der Waals surface area contributed by atoms with Crippen LogP contribution >= 0.6 is 0 Å². The molecule has 0 bridgehead atoms. The Morgan fingerprint density at radius 1 is 1.32 bits per heavy atom. The first-order valence-corrected chi connectivity index (χ1v) is 7.19. The number of aliphatic hydroxyl groups is 1. The van der Waals surface area contributed by atoms with Crippen LogP contribution in [0.5, 0.6) is 0 Å². The highest BCUT2D eigenvalue weighted by Crippen LogP contribution is 2.26. The van der Waals surface area contributed by atoms with E-state index in [-0.39, 0.29) is 5.91 Å². The zero-order chi connectivity index (χ0) is 13.6. The van der Waals surface area contributed by atoms with Crippen molar-refractivity contribution in [3.8, 4) is 0 Å². The van der Waals surface area contributed by atoms with Crippen molar-refractivity contribution in [1.82, 2.24) is 5.32 Å². The zero-order valence-electron chi connectivity index (χ0n) is 11.4. The Balaban J connectivity index is 1.70. The van der Waals surface area contributed by atoms with Crippen LogP contribution in [0.1, 0.15) is 50.7 Å². The van der Waals surface area contributed by atoms with Gasteiger partial charge in [0.05, 0.1) is 11.9 Å². The van der Waals surface area contributed by atoms with Gasteiger partial charge in [-0.15, -0.1) is 0 Å². The molecule has 2 rings (SSSR count). The van der Waals surface area contributed by atoms with Gasteiger partial charge in [0.15, 0.2) is 0 Å². The second kappa shape index (κ2) is 6.75. The molecule has 0 aliphatic heterocycles. The van der Waals surface area contributed by atoms with E-state index < -0.39 is 5.60 Å². The van der Waals surface area contributed by atoms with Gasteiger partial charge in [0.1, 0.15) is 5.76 Å². The van der Waals surface area contributed by atoms with Gasteiger partial charge < -0.3 is 14.8 Å². The first kappa shape index (κ1) is 14.1. The van der Waals surface area contributed by atoms with Crippen molar-refractivity contribution < 1.29 is 14.3 Å². The van der Waals surface area contributed by atoms with Crippen molar-refractivity contribution in [2.24, 2.45) is 0 Å². The lowest BCUT2D eigenvalue weighted by Crippen LogP contribution is -2.42. The van der Waals surface area contributed by atoms with E-state index in [1.165, 1.54) is 12.8 Å². The SMILES string of the molecule is O=C(CCc1ccco1)NCC1(O)CCCCCC1. The Morgan fingerprint density at radius 3 is 2.68 bits per heavy atom. The normalized spacial score (nSPS) is 18.8. The van der Waals surface area contributed by atoms with Gasteiger partial charge in [-0.25, -0.2) is 0 Å². The van der Waals surface area contributed by atoms with Crippen molar-refractivity contribution in [1.29, 1.82) is 0 Å². The lowest BCUT2D eigenvalue weighted by atomic mass is 9.94. The second-order valence-electron chi connectivity index (χ2n) is 5.49. The maximum atomic E-state index is 11.7. The standard InChI is InChI=1S/C15H23NO3/c17-14(8-7-13-6-5-11-19-13)16-12-15(18)9-3-1-2-4-10-15/h5-6,11,18H,1-4,7-10,12H2,(H,16,17). The summed E-state index contributed by atoms with van der Waals surface area (Å²) in [6.07, 6.45) is 8.71. The van der Waals surface area contributed by atoms with Crippen LogP contribution in [0.25, 0.3) is 0 Å². The first-order chi connectivity index (χ1) is 9.18. The summed E-state index contributed by atoms with van der Waals surface area (Å²) >= 11 is 0. The summed E-state index contributed by atoms with van der Waals surface area (Å²) in [7, 11) is 0. The molecule has 1 fully saturated rings. The molecule has 4 heteroatoms. The number of nitrogens with one attached hydrogen (secondary N) is 1. The summed E-state index contributed by atoms with van der Waals surface area (Å²) in [4.78, 5) is 11.7. The molecule has 4 nitrogen and oxygen atoms in total. The minimum Gasteiger partial charge on any atom is -0.469 e. The van der Waals surface area contributed by atoms with Gasteiger partial charge in [-0.05, 0) is 25.0 Å². The third-order valence-electron chi connectivity index (χ3n) is 3.83. The fourth-order valence-corrected chi connectivity index (χ4v) is 2.61. The predicted molar refractivity (Wildman–Crippen MR) is 72.7 cm³/mol. The van der Waals surface area contributed by atoms with Crippen molar-refractivity contribution in [2.45, 2.75) is 57.0 Å².